The molecule has 0 unspecified atom stereocenters. The summed E-state index contributed by atoms with van der Waals surface area (Å²) in [4.78, 5) is 2.32. The molecule has 0 amide bonds. The highest BCUT2D eigenvalue weighted by Gasteiger charge is 2.43. The fourth-order valence-corrected chi connectivity index (χ4v) is 24.7. The van der Waals surface area contributed by atoms with Gasteiger partial charge in [0.05, 0.1) is 22.1 Å². The minimum Gasteiger partial charge on any atom is -0.310 e. The van der Waals surface area contributed by atoms with Gasteiger partial charge in [0.15, 0.2) is 16.1 Å². The first kappa shape index (κ1) is 54.7. The van der Waals surface area contributed by atoms with E-state index in [0.717, 1.165) is 72.0 Å². The Morgan fingerprint density at radius 1 is 0.217 bits per heavy atom. The van der Waals surface area contributed by atoms with Gasteiger partial charge in [-0.05, 0) is 160 Å². The van der Waals surface area contributed by atoms with Crippen LogP contribution in [0.15, 0.2) is 364 Å². The summed E-state index contributed by atoms with van der Waals surface area (Å²) in [5.74, 6) is -0.289. The van der Waals surface area contributed by atoms with Crippen LogP contribution in [0.2, 0.25) is 0 Å². The van der Waals surface area contributed by atoms with Crippen molar-refractivity contribution < 1.29 is 4.39 Å². The number of aromatic nitrogens is 2. The topological polar surface area (TPSA) is 13.1 Å². The average Bonchev–Trinajstić information content (AvgIpc) is 1.36. The molecular formula is C86H60FN3Si2. The number of hydrogen-bond acceptors (Lipinski definition) is 1. The fraction of sp³-hybridized carbons (Fsp3) is 0. The van der Waals surface area contributed by atoms with Crippen LogP contribution in [0.3, 0.4) is 0 Å². The Bertz CT molecular complexity index is 5060. The van der Waals surface area contributed by atoms with Crippen molar-refractivity contribution in [3.8, 4) is 11.4 Å². The van der Waals surface area contributed by atoms with Crippen LogP contribution in [0.4, 0.5) is 21.5 Å². The lowest BCUT2D eigenvalue weighted by molar-refractivity contribution is 0.628. The fourth-order valence-electron chi connectivity index (χ4n) is 15.1. The van der Waals surface area contributed by atoms with Crippen molar-refractivity contribution in [2.75, 3.05) is 4.90 Å². The van der Waals surface area contributed by atoms with Crippen LogP contribution in [-0.2, 0) is 0 Å². The van der Waals surface area contributed by atoms with Gasteiger partial charge in [0.2, 0.25) is 0 Å². The molecule has 92 heavy (non-hydrogen) atoms. The Kier molecular flexibility index (Phi) is 13.4. The summed E-state index contributed by atoms with van der Waals surface area (Å²) in [6.07, 6.45) is 0. The minimum absolute atomic E-state index is 0.289. The highest BCUT2D eigenvalue weighted by molar-refractivity contribution is 7.20. The third kappa shape index (κ3) is 8.90. The number of anilines is 3. The monoisotopic (exact) mass is 1210 g/mol. The molecule has 15 aromatic carbocycles. The zero-order chi connectivity index (χ0) is 61.2. The predicted octanol–water partition coefficient (Wildman–Crippen LogP) is 16.6. The van der Waals surface area contributed by atoms with E-state index in [1.165, 1.54) is 63.0 Å². The zero-order valence-corrected chi connectivity index (χ0v) is 52.4. The summed E-state index contributed by atoms with van der Waals surface area (Å²) in [6, 6.07) is 133. The van der Waals surface area contributed by atoms with Gasteiger partial charge in [0.1, 0.15) is 5.82 Å². The molecule has 0 saturated heterocycles. The number of hydrogen-bond donors (Lipinski definition) is 0. The van der Waals surface area contributed by atoms with E-state index in [4.69, 9.17) is 0 Å². The van der Waals surface area contributed by atoms with E-state index in [-0.39, 0.29) is 5.82 Å². The lowest BCUT2D eigenvalue weighted by atomic mass is 10.1. The number of rotatable bonds is 13. The van der Waals surface area contributed by atoms with Gasteiger partial charge in [0.25, 0.3) is 0 Å². The molecule has 2 heterocycles. The first-order chi connectivity index (χ1) is 45.5. The van der Waals surface area contributed by atoms with Gasteiger partial charge < -0.3 is 14.0 Å². The van der Waals surface area contributed by atoms with Crippen molar-refractivity contribution in [1.29, 1.82) is 0 Å². The second-order valence-electron chi connectivity index (χ2n) is 24.1. The Morgan fingerprint density at radius 3 is 0.837 bits per heavy atom. The van der Waals surface area contributed by atoms with Crippen molar-refractivity contribution in [3.05, 3.63) is 370 Å². The van der Waals surface area contributed by atoms with E-state index in [1.807, 2.05) is 12.1 Å². The molecule has 3 nitrogen and oxygen atoms in total. The maximum Gasteiger partial charge on any atom is 0.179 e. The molecule has 434 valence electrons. The lowest BCUT2D eigenvalue weighted by Gasteiger charge is -2.34. The quantitative estimate of drug-likeness (QED) is 0.0828. The van der Waals surface area contributed by atoms with Crippen LogP contribution in [-0.4, -0.2) is 25.3 Å². The SMILES string of the molecule is Fc1ccc(N(c2ccc3c(c2)c2cc([Si](c4ccccc4)(c4ccccc4)c4ccccc4)ccc2n3-c2ccc3ccccc3c2)c2ccc3c(c2)c2cc([Si](c4ccccc4)(c4ccccc4)c4ccccc4)ccc2n3-c2ccc3ccccc3c2)cc1. The Labute approximate surface area is 536 Å². The molecule has 0 bridgehead atoms. The molecule has 17 rings (SSSR count). The lowest BCUT2D eigenvalue weighted by Crippen LogP contribution is -2.74. The van der Waals surface area contributed by atoms with Crippen LogP contribution in [0, 0.1) is 5.82 Å². The van der Waals surface area contributed by atoms with E-state index >= 15 is 4.39 Å². The highest BCUT2D eigenvalue weighted by Crippen LogP contribution is 2.43. The number of fused-ring (bicyclic) bond motifs is 8. The third-order valence-corrected chi connectivity index (χ3v) is 28.7. The molecule has 0 atom stereocenters. The number of halogens is 1. The van der Waals surface area contributed by atoms with Gasteiger partial charge in [-0.3, -0.25) is 0 Å². The van der Waals surface area contributed by atoms with E-state index < -0.39 is 16.1 Å². The summed E-state index contributed by atoms with van der Waals surface area (Å²) < 4.78 is 20.3. The molecule has 6 heteroatoms. The van der Waals surface area contributed by atoms with E-state index in [1.54, 1.807) is 12.1 Å². The second kappa shape index (κ2) is 22.6. The van der Waals surface area contributed by atoms with Crippen LogP contribution in [0.5, 0.6) is 0 Å². The van der Waals surface area contributed by atoms with E-state index in [0.29, 0.717) is 0 Å². The normalized spacial score (nSPS) is 12.0. The zero-order valence-electron chi connectivity index (χ0n) is 50.4. The van der Waals surface area contributed by atoms with Crippen LogP contribution in [0.25, 0.3) is 76.5 Å². The summed E-state index contributed by atoms with van der Waals surface area (Å²) >= 11 is 0. The molecule has 17 aromatic rings. The van der Waals surface area contributed by atoms with Crippen LogP contribution < -0.4 is 46.4 Å². The molecule has 0 aliphatic heterocycles. The average molecular weight is 1210 g/mol. The number of nitrogens with zero attached hydrogens (tertiary/aromatic N) is 3. The van der Waals surface area contributed by atoms with Gasteiger partial charge in [-0.1, -0.05) is 267 Å². The molecule has 0 spiro atoms. The predicted molar refractivity (Wildman–Crippen MR) is 392 cm³/mol. The Morgan fingerprint density at radius 2 is 0.500 bits per heavy atom. The summed E-state index contributed by atoms with van der Waals surface area (Å²) in [7, 11) is -5.94. The summed E-state index contributed by atoms with van der Waals surface area (Å²) in [5.41, 5.74) is 9.32. The van der Waals surface area contributed by atoms with Gasteiger partial charge in [-0.25, -0.2) is 4.39 Å². The van der Waals surface area contributed by atoms with Gasteiger partial charge in [-0.2, -0.15) is 0 Å². The van der Waals surface area contributed by atoms with Crippen LogP contribution in [0.1, 0.15) is 0 Å². The first-order valence-corrected chi connectivity index (χ1v) is 35.6. The molecule has 0 radical (unpaired) electrons. The molecule has 0 saturated carbocycles. The standard InChI is InChI=1S/C86H60FN3Si2/c87-65-41-45-66(46-42-65)88(69-47-51-83-79(57-69)81-59-77(49-53-85(81)89(83)67-43-39-61-23-19-21-25-63(61)55-67)91(71-27-7-1-8-28-71,72-29-9-2-10-30-72)73-31-11-3-12-32-73)70-48-52-84-80(58-70)82-60-78(50-54-86(82)90(84)68-44-40-62-24-20-22-26-64(62)56-68)92(74-33-13-4-14-34-74,75-35-15-5-16-36-75)76-37-17-6-18-38-76/h1-60H. The molecule has 2 aromatic heterocycles. The van der Waals surface area contributed by atoms with Crippen molar-refractivity contribution in [2.24, 2.45) is 0 Å². The maximum absolute atomic E-state index is 15.4. The smallest absolute Gasteiger partial charge is 0.179 e. The Hall–Kier alpha value is -11.4. The summed E-state index contributed by atoms with van der Waals surface area (Å²) in [6.45, 7) is 0. The van der Waals surface area contributed by atoms with E-state index in [2.05, 4.69) is 354 Å². The highest BCUT2D eigenvalue weighted by atomic mass is 28.3. The van der Waals surface area contributed by atoms with E-state index in [9.17, 15) is 0 Å². The molecule has 0 fully saturated rings. The first-order valence-electron chi connectivity index (χ1n) is 31.6. The van der Waals surface area contributed by atoms with Crippen molar-refractivity contribution >= 4 is 140 Å². The van der Waals surface area contributed by atoms with Gasteiger partial charge in [0, 0.05) is 50.0 Å². The summed E-state index contributed by atoms with van der Waals surface area (Å²) in [5, 5.41) is 19.7. The number of benzene rings is 15. The van der Waals surface area contributed by atoms with Crippen molar-refractivity contribution in [2.45, 2.75) is 0 Å². The van der Waals surface area contributed by atoms with Crippen molar-refractivity contribution in [1.82, 2.24) is 9.13 Å². The molecule has 0 aliphatic carbocycles. The largest absolute Gasteiger partial charge is 0.310 e. The van der Waals surface area contributed by atoms with Gasteiger partial charge in [-0.15, -0.1) is 0 Å². The van der Waals surface area contributed by atoms with Crippen LogP contribution >= 0.6 is 0 Å². The van der Waals surface area contributed by atoms with Gasteiger partial charge >= 0.3 is 0 Å². The molecule has 0 N–H and O–H groups in total. The molecular weight excluding hydrogens is 1150 g/mol. The minimum atomic E-state index is -2.97. The maximum atomic E-state index is 15.4. The Balaban J connectivity index is 0.936. The molecule has 0 aliphatic rings. The third-order valence-electron chi connectivity index (χ3n) is 19.2. The second-order valence-corrected chi connectivity index (χ2v) is 31.7. The van der Waals surface area contributed by atoms with Crippen molar-refractivity contribution in [3.63, 3.8) is 0 Å².